The maximum atomic E-state index is 12.7. The first-order chi connectivity index (χ1) is 27.5. The summed E-state index contributed by atoms with van der Waals surface area (Å²) < 4.78 is 16.7. The molecule has 56 heavy (non-hydrogen) atoms. The van der Waals surface area contributed by atoms with Crippen LogP contribution >= 0.6 is 0 Å². The third kappa shape index (κ3) is 42.8. The maximum absolute atomic E-state index is 12.7. The lowest BCUT2D eigenvalue weighted by Gasteiger charge is -2.18. The van der Waals surface area contributed by atoms with Crippen molar-refractivity contribution in [3.8, 4) is 0 Å². The lowest BCUT2D eigenvalue weighted by Crippen LogP contribution is -2.30. The van der Waals surface area contributed by atoms with Gasteiger partial charge >= 0.3 is 17.9 Å². The molecule has 0 aliphatic heterocycles. The molecule has 6 heteroatoms. The Labute approximate surface area is 346 Å². The molecule has 0 heterocycles. The summed E-state index contributed by atoms with van der Waals surface area (Å²) in [6.45, 7) is 6.55. The van der Waals surface area contributed by atoms with Gasteiger partial charge in [-0.1, -0.05) is 192 Å². The molecule has 0 aromatic rings. The molecule has 0 aliphatic carbocycles. The molecule has 0 aliphatic rings. The highest BCUT2D eigenvalue weighted by atomic mass is 16.6. The van der Waals surface area contributed by atoms with Crippen LogP contribution in [0.25, 0.3) is 0 Å². The van der Waals surface area contributed by atoms with E-state index in [1.807, 2.05) is 0 Å². The Kier molecular flexibility index (Phi) is 43.4. The summed E-state index contributed by atoms with van der Waals surface area (Å²) in [4.78, 5) is 37.8. The van der Waals surface area contributed by atoms with E-state index >= 15 is 0 Å². The zero-order valence-corrected chi connectivity index (χ0v) is 37.2. The van der Waals surface area contributed by atoms with Crippen molar-refractivity contribution < 1.29 is 28.6 Å². The van der Waals surface area contributed by atoms with Gasteiger partial charge in [0, 0.05) is 19.3 Å². The zero-order chi connectivity index (χ0) is 40.8. The Balaban J connectivity index is 4.39. The first-order valence-electron chi connectivity index (χ1n) is 24.0. The minimum Gasteiger partial charge on any atom is -0.462 e. The SMILES string of the molecule is CCCC/C=C\C/C=C\CCCCCCCC(=O)OCC(COC(=O)CCCCCCCCCCCCCC)OC(=O)CCCCCCC/C=C\CCCCC. The van der Waals surface area contributed by atoms with Crippen molar-refractivity contribution in [2.24, 2.45) is 0 Å². The van der Waals surface area contributed by atoms with Gasteiger partial charge in [-0.3, -0.25) is 14.4 Å². The largest absolute Gasteiger partial charge is 0.462 e. The van der Waals surface area contributed by atoms with Gasteiger partial charge in [0.1, 0.15) is 13.2 Å². The fraction of sp³-hybridized carbons (Fsp3) is 0.820. The van der Waals surface area contributed by atoms with E-state index in [1.165, 1.54) is 116 Å². The molecule has 0 aromatic carbocycles. The van der Waals surface area contributed by atoms with Gasteiger partial charge in [-0.15, -0.1) is 0 Å². The number of carbonyl (C=O) groups excluding carboxylic acids is 3. The zero-order valence-electron chi connectivity index (χ0n) is 37.2. The summed E-state index contributed by atoms with van der Waals surface area (Å²) in [6, 6.07) is 0. The van der Waals surface area contributed by atoms with Crippen molar-refractivity contribution >= 4 is 17.9 Å². The Hall–Kier alpha value is -2.37. The van der Waals surface area contributed by atoms with Crippen molar-refractivity contribution in [3.63, 3.8) is 0 Å². The summed E-state index contributed by atoms with van der Waals surface area (Å²) in [6.07, 6.45) is 51.2. The highest BCUT2D eigenvalue weighted by Gasteiger charge is 2.19. The monoisotopic (exact) mass is 787 g/mol. The summed E-state index contributed by atoms with van der Waals surface area (Å²) in [5, 5.41) is 0. The van der Waals surface area contributed by atoms with Gasteiger partial charge in [0.25, 0.3) is 0 Å². The first kappa shape index (κ1) is 53.6. The van der Waals surface area contributed by atoms with Crippen molar-refractivity contribution in [3.05, 3.63) is 36.5 Å². The van der Waals surface area contributed by atoms with Crippen molar-refractivity contribution in [2.75, 3.05) is 13.2 Å². The Bertz CT molecular complexity index is 953. The molecule has 0 aromatic heterocycles. The molecule has 0 amide bonds. The van der Waals surface area contributed by atoms with E-state index < -0.39 is 6.10 Å². The molecule has 0 rings (SSSR count). The van der Waals surface area contributed by atoms with Gasteiger partial charge < -0.3 is 14.2 Å². The van der Waals surface area contributed by atoms with Crippen LogP contribution in [0.5, 0.6) is 0 Å². The normalized spacial score (nSPS) is 12.3. The van der Waals surface area contributed by atoms with Gasteiger partial charge in [-0.2, -0.15) is 0 Å². The third-order valence-electron chi connectivity index (χ3n) is 10.4. The Morgan fingerprint density at radius 1 is 0.357 bits per heavy atom. The predicted octanol–water partition coefficient (Wildman–Crippen LogP) is 15.4. The lowest BCUT2D eigenvalue weighted by molar-refractivity contribution is -0.167. The molecule has 1 unspecified atom stereocenters. The number of unbranched alkanes of at least 4 members (excludes halogenated alkanes) is 26. The molecule has 0 saturated heterocycles. The molecule has 0 spiro atoms. The number of carbonyl (C=O) groups is 3. The first-order valence-corrected chi connectivity index (χ1v) is 24.0. The number of esters is 3. The molecular weight excluding hydrogens is 697 g/mol. The number of rotatable bonds is 43. The van der Waals surface area contributed by atoms with E-state index in [2.05, 4.69) is 57.2 Å². The van der Waals surface area contributed by atoms with E-state index in [4.69, 9.17) is 14.2 Å². The van der Waals surface area contributed by atoms with Crippen LogP contribution in [0.15, 0.2) is 36.5 Å². The van der Waals surface area contributed by atoms with E-state index in [0.29, 0.717) is 19.3 Å². The highest BCUT2D eigenvalue weighted by Crippen LogP contribution is 2.14. The molecule has 6 nitrogen and oxygen atoms in total. The van der Waals surface area contributed by atoms with E-state index in [0.717, 1.165) is 89.9 Å². The molecule has 326 valence electrons. The number of ether oxygens (including phenoxy) is 3. The standard InChI is InChI=1S/C50H90O6/c1-4-7-10-13-16-19-22-25-26-29-31-34-37-40-43-49(52)55-46-47(56-50(53)44-41-38-35-32-28-24-21-18-15-12-9-6-3)45-54-48(51)42-39-36-33-30-27-23-20-17-14-11-8-5-2/h13,16,18,21-22,25,47H,4-12,14-15,17,19-20,23-24,26-46H2,1-3H3/b16-13-,21-18-,25-22-. The van der Waals surface area contributed by atoms with Crippen LogP contribution in [0, 0.1) is 0 Å². The molecule has 0 bridgehead atoms. The minimum absolute atomic E-state index is 0.0777. The van der Waals surface area contributed by atoms with Crippen LogP contribution in [0.3, 0.4) is 0 Å². The van der Waals surface area contributed by atoms with E-state index in [9.17, 15) is 14.4 Å². The smallest absolute Gasteiger partial charge is 0.306 e. The second kappa shape index (κ2) is 45.3. The maximum Gasteiger partial charge on any atom is 0.306 e. The quantitative estimate of drug-likeness (QED) is 0.0265. The average Bonchev–Trinajstić information content (AvgIpc) is 3.19. The fourth-order valence-electron chi connectivity index (χ4n) is 6.69. The topological polar surface area (TPSA) is 78.9 Å². The van der Waals surface area contributed by atoms with Gasteiger partial charge in [-0.25, -0.2) is 0 Å². The van der Waals surface area contributed by atoms with Crippen LogP contribution in [-0.4, -0.2) is 37.2 Å². The number of allylic oxidation sites excluding steroid dienone is 6. The molecule has 0 saturated carbocycles. The van der Waals surface area contributed by atoms with Gasteiger partial charge in [0.05, 0.1) is 0 Å². The second-order valence-electron chi connectivity index (χ2n) is 16.0. The van der Waals surface area contributed by atoms with E-state index in [-0.39, 0.29) is 31.1 Å². The fourth-order valence-corrected chi connectivity index (χ4v) is 6.69. The number of hydrogen-bond donors (Lipinski definition) is 0. The van der Waals surface area contributed by atoms with Gasteiger partial charge in [0.15, 0.2) is 6.10 Å². The molecule has 0 radical (unpaired) electrons. The summed E-state index contributed by atoms with van der Waals surface area (Å²) >= 11 is 0. The lowest BCUT2D eigenvalue weighted by atomic mass is 10.0. The molecular formula is C50H90O6. The van der Waals surface area contributed by atoms with Gasteiger partial charge in [-0.05, 0) is 70.6 Å². The Morgan fingerprint density at radius 3 is 1.09 bits per heavy atom. The van der Waals surface area contributed by atoms with Crippen molar-refractivity contribution in [1.29, 1.82) is 0 Å². The van der Waals surface area contributed by atoms with Crippen LogP contribution in [0.2, 0.25) is 0 Å². The summed E-state index contributed by atoms with van der Waals surface area (Å²) in [7, 11) is 0. The van der Waals surface area contributed by atoms with Crippen LogP contribution in [-0.2, 0) is 28.6 Å². The van der Waals surface area contributed by atoms with Crippen LogP contribution in [0.4, 0.5) is 0 Å². The van der Waals surface area contributed by atoms with E-state index in [1.54, 1.807) is 0 Å². The number of hydrogen-bond acceptors (Lipinski definition) is 6. The summed E-state index contributed by atoms with van der Waals surface area (Å²) in [5.41, 5.74) is 0. The van der Waals surface area contributed by atoms with Crippen molar-refractivity contribution in [2.45, 2.75) is 252 Å². The van der Waals surface area contributed by atoms with Crippen LogP contribution in [0.1, 0.15) is 245 Å². The summed E-state index contributed by atoms with van der Waals surface area (Å²) in [5.74, 6) is -0.897. The molecule has 0 fully saturated rings. The molecule has 1 atom stereocenters. The minimum atomic E-state index is -0.777. The van der Waals surface area contributed by atoms with Crippen LogP contribution < -0.4 is 0 Å². The Morgan fingerprint density at radius 2 is 0.661 bits per heavy atom. The predicted molar refractivity (Wildman–Crippen MR) is 238 cm³/mol. The highest BCUT2D eigenvalue weighted by molar-refractivity contribution is 5.71. The third-order valence-corrected chi connectivity index (χ3v) is 10.4. The second-order valence-corrected chi connectivity index (χ2v) is 16.0. The average molecular weight is 787 g/mol. The van der Waals surface area contributed by atoms with Crippen molar-refractivity contribution in [1.82, 2.24) is 0 Å². The van der Waals surface area contributed by atoms with Gasteiger partial charge in [0.2, 0.25) is 0 Å². The molecule has 0 N–H and O–H groups in total.